The Morgan fingerprint density at radius 1 is 1.54 bits per heavy atom. The Morgan fingerprint density at radius 3 is 2.96 bits per heavy atom. The molecule has 0 saturated carbocycles. The maximum absolute atomic E-state index is 12.5. The number of aryl methyl sites for hydroxylation is 1. The van der Waals surface area contributed by atoms with Crippen LogP contribution < -0.4 is 5.32 Å². The van der Waals surface area contributed by atoms with E-state index in [0.717, 1.165) is 23.5 Å². The zero-order valence-electron chi connectivity index (χ0n) is 14.5. The van der Waals surface area contributed by atoms with E-state index in [9.17, 15) is 9.59 Å². The predicted octanol–water partition coefficient (Wildman–Crippen LogP) is 2.00. The zero-order chi connectivity index (χ0) is 17.6. The Hall–Kier alpha value is -1.73. The molecule has 0 bridgehead atoms. The number of hydrogen-bond acceptors (Lipinski definition) is 5. The number of ether oxygens (including phenoxy) is 1. The second-order valence-electron chi connectivity index (χ2n) is 6.05. The number of carbonyl (C=O) groups excluding carboxylic acids is 2. The number of hydrogen-bond donors (Lipinski definition) is 1. The molecule has 0 aromatic carbocycles. The first-order chi connectivity index (χ1) is 11.5. The lowest BCUT2D eigenvalue weighted by Gasteiger charge is -2.41. The Labute approximate surface area is 146 Å². The van der Waals surface area contributed by atoms with Crippen molar-refractivity contribution in [2.45, 2.75) is 38.2 Å². The molecule has 2 amide bonds. The number of likely N-dealkylation sites (tertiary alicyclic amines) is 1. The van der Waals surface area contributed by atoms with Gasteiger partial charge < -0.3 is 15.0 Å². The molecule has 0 spiro atoms. The van der Waals surface area contributed by atoms with Crippen LogP contribution in [0.3, 0.4) is 0 Å². The second kappa shape index (κ2) is 8.39. The van der Waals surface area contributed by atoms with Gasteiger partial charge in [-0.25, -0.2) is 4.98 Å². The molecule has 2 heterocycles. The van der Waals surface area contributed by atoms with Gasteiger partial charge in [0.15, 0.2) is 0 Å². The number of carbonyl (C=O) groups is 2. The highest BCUT2D eigenvalue weighted by atomic mass is 32.1. The fourth-order valence-electron chi connectivity index (χ4n) is 2.94. The van der Waals surface area contributed by atoms with E-state index in [-0.39, 0.29) is 11.8 Å². The Balaban J connectivity index is 1.98. The predicted molar refractivity (Wildman–Crippen MR) is 94.7 cm³/mol. The van der Waals surface area contributed by atoms with E-state index in [1.165, 1.54) is 0 Å². The van der Waals surface area contributed by atoms with Crippen LogP contribution >= 0.6 is 11.3 Å². The van der Waals surface area contributed by atoms with Gasteiger partial charge in [0.25, 0.3) is 0 Å². The van der Waals surface area contributed by atoms with Crippen molar-refractivity contribution in [1.82, 2.24) is 15.2 Å². The summed E-state index contributed by atoms with van der Waals surface area (Å²) in [6.45, 7) is 3.16. The van der Waals surface area contributed by atoms with E-state index >= 15 is 0 Å². The molecule has 1 N–H and O–H groups in total. The Bertz CT molecular complexity index is 614. The molecule has 24 heavy (non-hydrogen) atoms. The third-order valence-electron chi connectivity index (χ3n) is 4.40. The van der Waals surface area contributed by atoms with Crippen molar-refractivity contribution in [1.29, 1.82) is 0 Å². The van der Waals surface area contributed by atoms with E-state index in [2.05, 4.69) is 10.3 Å². The molecule has 0 unspecified atom stereocenters. The summed E-state index contributed by atoms with van der Waals surface area (Å²) in [4.78, 5) is 30.1. The first-order valence-corrected chi connectivity index (χ1v) is 9.01. The summed E-state index contributed by atoms with van der Waals surface area (Å²) in [6, 6.07) is 0. The summed E-state index contributed by atoms with van der Waals surface area (Å²) in [5.41, 5.74) is 0.367. The third-order valence-corrected chi connectivity index (χ3v) is 5.20. The zero-order valence-corrected chi connectivity index (χ0v) is 15.3. The largest absolute Gasteiger partial charge is 0.376 e. The van der Waals surface area contributed by atoms with E-state index in [0.29, 0.717) is 25.9 Å². The molecular weight excluding hydrogens is 326 g/mol. The molecule has 2 rings (SSSR count). The molecule has 1 aliphatic heterocycles. The van der Waals surface area contributed by atoms with Crippen LogP contribution in [-0.2, 0) is 14.3 Å². The van der Waals surface area contributed by atoms with Crippen LogP contribution in [0.5, 0.6) is 0 Å². The third kappa shape index (κ3) is 4.88. The molecule has 1 aromatic rings. The highest BCUT2D eigenvalue weighted by Gasteiger charge is 2.36. The number of aromatic nitrogens is 1. The minimum atomic E-state index is -0.439. The van der Waals surface area contributed by atoms with Gasteiger partial charge in [-0.15, -0.1) is 11.3 Å². The molecule has 132 valence electrons. The molecular formula is C17H25N3O3S. The molecule has 6 nitrogen and oxygen atoms in total. The van der Waals surface area contributed by atoms with E-state index in [1.54, 1.807) is 42.5 Å². The minimum absolute atomic E-state index is 0.00586. The van der Waals surface area contributed by atoms with Crippen molar-refractivity contribution in [3.05, 3.63) is 22.2 Å². The fourth-order valence-corrected chi connectivity index (χ4v) is 3.52. The van der Waals surface area contributed by atoms with Gasteiger partial charge >= 0.3 is 0 Å². The summed E-state index contributed by atoms with van der Waals surface area (Å²) in [6.07, 6.45) is 6.07. The summed E-state index contributed by atoms with van der Waals surface area (Å²) in [5.74, 6) is -0.0459. The first-order valence-electron chi connectivity index (χ1n) is 8.13. The number of nitrogens with zero attached hydrogens (tertiary/aromatic N) is 2. The molecule has 7 heteroatoms. The number of nitrogens with one attached hydrogen (secondary N) is 1. The van der Waals surface area contributed by atoms with Crippen molar-refractivity contribution in [2.75, 3.05) is 27.2 Å². The smallest absolute Gasteiger partial charge is 0.246 e. The number of amides is 2. The number of methoxy groups -OCH3 is 1. The lowest BCUT2D eigenvalue weighted by atomic mass is 9.87. The van der Waals surface area contributed by atoms with Gasteiger partial charge in [-0.2, -0.15) is 0 Å². The average Bonchev–Trinajstić information content (AvgIpc) is 3.03. The highest BCUT2D eigenvalue weighted by Crippen LogP contribution is 2.29. The lowest BCUT2D eigenvalue weighted by molar-refractivity contribution is -0.136. The molecule has 0 radical (unpaired) electrons. The maximum atomic E-state index is 12.5. The monoisotopic (exact) mass is 351 g/mol. The molecule has 1 atom stereocenters. The van der Waals surface area contributed by atoms with Crippen molar-refractivity contribution < 1.29 is 14.3 Å². The maximum Gasteiger partial charge on any atom is 0.246 e. The van der Waals surface area contributed by atoms with Crippen LogP contribution in [0, 0.1) is 6.92 Å². The average molecular weight is 351 g/mol. The van der Waals surface area contributed by atoms with Crippen molar-refractivity contribution in [2.24, 2.45) is 0 Å². The van der Waals surface area contributed by atoms with Crippen molar-refractivity contribution in [3.8, 4) is 0 Å². The topological polar surface area (TPSA) is 71.5 Å². The van der Waals surface area contributed by atoms with E-state index in [1.807, 2.05) is 12.3 Å². The first kappa shape index (κ1) is 18.6. The molecule has 1 saturated heterocycles. The van der Waals surface area contributed by atoms with Crippen molar-refractivity contribution in [3.63, 3.8) is 0 Å². The van der Waals surface area contributed by atoms with Crippen LogP contribution in [0.1, 0.15) is 36.4 Å². The molecule has 1 aromatic heterocycles. The van der Waals surface area contributed by atoms with Gasteiger partial charge in [0.05, 0.1) is 16.3 Å². The standard InChI is InChI=1S/C17H25N3O3S/c1-13-19-14(11-24-13)5-6-16(22)20-10-4-8-17(12-20,23-3)9-7-15(21)18-2/h5-6,11H,4,7-10,12H2,1-3H3,(H,18,21)/b6-5+/t17-/m0/s1. The van der Waals surface area contributed by atoms with Crippen molar-refractivity contribution >= 4 is 29.2 Å². The normalized spacial score (nSPS) is 21.2. The van der Waals surface area contributed by atoms with Gasteiger partial charge in [0.1, 0.15) is 0 Å². The van der Waals surface area contributed by atoms with E-state index < -0.39 is 5.60 Å². The Kier molecular flexibility index (Phi) is 6.51. The van der Waals surface area contributed by atoms with Crippen LogP contribution in [0.2, 0.25) is 0 Å². The van der Waals surface area contributed by atoms with Gasteiger partial charge in [-0.3, -0.25) is 9.59 Å². The molecule has 1 fully saturated rings. The molecule has 0 aliphatic carbocycles. The summed E-state index contributed by atoms with van der Waals surface area (Å²) in [5, 5.41) is 5.54. The summed E-state index contributed by atoms with van der Waals surface area (Å²) < 4.78 is 5.71. The van der Waals surface area contributed by atoms with Crippen LogP contribution in [0.15, 0.2) is 11.5 Å². The molecule has 1 aliphatic rings. The Morgan fingerprint density at radius 2 is 2.33 bits per heavy atom. The summed E-state index contributed by atoms with van der Waals surface area (Å²) in [7, 11) is 3.29. The quantitative estimate of drug-likeness (QED) is 0.796. The summed E-state index contributed by atoms with van der Waals surface area (Å²) >= 11 is 1.56. The van der Waals surface area contributed by atoms with Gasteiger partial charge in [0, 0.05) is 45.1 Å². The van der Waals surface area contributed by atoms with Gasteiger partial charge in [-0.05, 0) is 32.3 Å². The minimum Gasteiger partial charge on any atom is -0.376 e. The lowest BCUT2D eigenvalue weighted by Crippen LogP contribution is -2.51. The van der Waals surface area contributed by atoms with Crippen LogP contribution in [0.25, 0.3) is 6.08 Å². The van der Waals surface area contributed by atoms with Crippen LogP contribution in [0.4, 0.5) is 0 Å². The second-order valence-corrected chi connectivity index (χ2v) is 7.11. The van der Waals surface area contributed by atoms with Gasteiger partial charge in [0.2, 0.25) is 11.8 Å². The van der Waals surface area contributed by atoms with Crippen LogP contribution in [-0.4, -0.2) is 54.5 Å². The highest BCUT2D eigenvalue weighted by molar-refractivity contribution is 7.09. The van der Waals surface area contributed by atoms with E-state index in [4.69, 9.17) is 4.74 Å². The number of rotatable bonds is 6. The number of thiazole rings is 1. The number of piperidine rings is 1. The van der Waals surface area contributed by atoms with Gasteiger partial charge in [-0.1, -0.05) is 0 Å². The SMILES string of the molecule is CNC(=O)CC[C@@]1(OC)CCCN(C(=O)/C=C/c2csc(C)n2)C1. The fraction of sp³-hybridized carbons (Fsp3) is 0.588.